The number of amides is 1. The molecule has 1 aliphatic heterocycles. The Bertz CT molecular complexity index is 1140. The van der Waals surface area contributed by atoms with Crippen molar-refractivity contribution < 1.29 is 4.79 Å². The first-order valence-electron chi connectivity index (χ1n) is 9.69. The first-order chi connectivity index (χ1) is 14.0. The molecule has 4 N–H and O–H groups in total. The Labute approximate surface area is 170 Å². The molecule has 1 atom stereocenters. The zero-order valence-electron chi connectivity index (χ0n) is 16.8. The number of benzene rings is 2. The fourth-order valence-electron chi connectivity index (χ4n) is 3.93. The maximum Gasteiger partial charge on any atom is 0.226 e. The molecule has 6 heteroatoms. The minimum atomic E-state index is 0.0260. The number of nitrogens with zero attached hydrogens (tertiary/aromatic N) is 1. The highest BCUT2D eigenvalue weighted by Gasteiger charge is 2.21. The number of aromatic nitrogens is 1. The number of nitrogens with one attached hydrogen (secondary N) is 4. The molecule has 1 amide bonds. The molecule has 4 rings (SSSR count). The molecule has 0 fully saturated rings. The summed E-state index contributed by atoms with van der Waals surface area (Å²) in [6.45, 7) is 2.02. The van der Waals surface area contributed by atoms with E-state index in [2.05, 4.69) is 44.8 Å². The van der Waals surface area contributed by atoms with Crippen LogP contribution in [0.1, 0.15) is 18.9 Å². The highest BCUT2D eigenvalue weighted by Crippen LogP contribution is 2.38. The van der Waals surface area contributed by atoms with Gasteiger partial charge in [-0.1, -0.05) is 24.3 Å². The molecule has 1 aromatic heterocycles. The molecule has 2 aromatic carbocycles. The van der Waals surface area contributed by atoms with Crippen LogP contribution in [0.15, 0.2) is 48.7 Å². The maximum atomic E-state index is 12.1. The fourth-order valence-corrected chi connectivity index (χ4v) is 3.93. The number of anilines is 2. The van der Waals surface area contributed by atoms with Crippen molar-refractivity contribution in [3.63, 3.8) is 0 Å². The van der Waals surface area contributed by atoms with Crippen LogP contribution in [0.25, 0.3) is 27.7 Å². The lowest BCUT2D eigenvalue weighted by Crippen LogP contribution is -2.19. The number of aryl methyl sites for hydroxylation is 1. The van der Waals surface area contributed by atoms with Gasteiger partial charge in [-0.15, -0.1) is 0 Å². The van der Waals surface area contributed by atoms with Crippen molar-refractivity contribution in [3.05, 3.63) is 54.2 Å². The van der Waals surface area contributed by atoms with Gasteiger partial charge >= 0.3 is 0 Å². The van der Waals surface area contributed by atoms with Crippen molar-refractivity contribution in [3.8, 4) is 11.3 Å². The number of carbonyl (C=O) groups is 1. The predicted octanol–water partition coefficient (Wildman–Crippen LogP) is 4.20. The van der Waals surface area contributed by atoms with Crippen LogP contribution < -0.4 is 16.0 Å². The molecule has 6 nitrogen and oxygen atoms in total. The Morgan fingerprint density at radius 1 is 1.28 bits per heavy atom. The van der Waals surface area contributed by atoms with E-state index in [1.165, 1.54) is 6.21 Å². The van der Waals surface area contributed by atoms with Gasteiger partial charge in [-0.2, -0.15) is 0 Å². The molecule has 0 saturated heterocycles. The zero-order chi connectivity index (χ0) is 20.5. The van der Waals surface area contributed by atoms with Crippen LogP contribution in [0.5, 0.6) is 0 Å². The van der Waals surface area contributed by atoms with E-state index in [4.69, 9.17) is 5.41 Å². The molecule has 29 heavy (non-hydrogen) atoms. The highest BCUT2D eigenvalue weighted by molar-refractivity contribution is 6.09. The summed E-state index contributed by atoms with van der Waals surface area (Å²) >= 11 is 0. The molecule has 1 aliphatic rings. The summed E-state index contributed by atoms with van der Waals surface area (Å²) in [5, 5.41) is 18.3. The van der Waals surface area contributed by atoms with Crippen LogP contribution in [0.3, 0.4) is 0 Å². The van der Waals surface area contributed by atoms with E-state index in [-0.39, 0.29) is 11.9 Å². The number of carbonyl (C=O) groups excluding carboxylic acids is 1. The summed E-state index contributed by atoms with van der Waals surface area (Å²) in [5.74, 6) is 0.0260. The van der Waals surface area contributed by atoms with Crippen LogP contribution in [-0.2, 0) is 11.8 Å². The normalized spacial score (nSPS) is 16.6. The van der Waals surface area contributed by atoms with Crippen molar-refractivity contribution >= 4 is 40.0 Å². The van der Waals surface area contributed by atoms with Crippen molar-refractivity contribution in [2.24, 2.45) is 7.05 Å². The Morgan fingerprint density at radius 2 is 2.10 bits per heavy atom. The van der Waals surface area contributed by atoms with E-state index in [0.29, 0.717) is 6.42 Å². The summed E-state index contributed by atoms with van der Waals surface area (Å²) in [6, 6.07) is 14.4. The molecule has 0 aliphatic carbocycles. The van der Waals surface area contributed by atoms with Gasteiger partial charge < -0.3 is 25.9 Å². The average Bonchev–Trinajstić information content (AvgIpc) is 2.94. The monoisotopic (exact) mass is 387 g/mol. The summed E-state index contributed by atoms with van der Waals surface area (Å²) in [7, 11) is 3.88. The largest absolute Gasteiger partial charge is 0.393 e. The van der Waals surface area contributed by atoms with Gasteiger partial charge in [0.05, 0.1) is 17.1 Å². The van der Waals surface area contributed by atoms with Gasteiger partial charge in [0.15, 0.2) is 0 Å². The molecule has 0 saturated carbocycles. The van der Waals surface area contributed by atoms with Crippen molar-refractivity contribution in [1.82, 2.24) is 9.88 Å². The first kappa shape index (κ1) is 18.8. The summed E-state index contributed by atoms with van der Waals surface area (Å²) < 4.78 is 2.16. The lowest BCUT2D eigenvalue weighted by molar-refractivity contribution is -0.116. The van der Waals surface area contributed by atoms with E-state index in [1.54, 1.807) is 0 Å². The number of allylic oxidation sites excluding steroid dienone is 1. The van der Waals surface area contributed by atoms with Gasteiger partial charge in [0.1, 0.15) is 0 Å². The molecule has 0 bridgehead atoms. The number of hydrogen-bond donors (Lipinski definition) is 4. The second-order valence-electron chi connectivity index (χ2n) is 7.42. The minimum absolute atomic E-state index is 0.0260. The maximum absolute atomic E-state index is 12.1. The molecule has 3 aromatic rings. The van der Waals surface area contributed by atoms with Gasteiger partial charge in [-0.25, -0.2) is 0 Å². The molecule has 148 valence electrons. The summed E-state index contributed by atoms with van der Waals surface area (Å²) in [6.07, 6.45) is 3.62. The van der Waals surface area contributed by atoms with Crippen molar-refractivity contribution in [1.29, 1.82) is 5.41 Å². The van der Waals surface area contributed by atoms with Crippen molar-refractivity contribution in [2.45, 2.75) is 19.4 Å². The fraction of sp³-hybridized carbons (Fsp3) is 0.217. The molecule has 0 spiro atoms. The van der Waals surface area contributed by atoms with Crippen LogP contribution in [0.4, 0.5) is 11.4 Å². The second kappa shape index (κ2) is 7.47. The SMILES string of the molecule is CN/C=C(\C=N)c1ccc2cc(-c3cccc4c3N[C@H](C)CC(=O)N4)n(C)c2c1. The number of fused-ring (bicyclic) bond motifs is 2. The van der Waals surface area contributed by atoms with Gasteiger partial charge in [0.25, 0.3) is 0 Å². The zero-order valence-corrected chi connectivity index (χ0v) is 16.8. The van der Waals surface area contributed by atoms with Gasteiger partial charge in [-0.05, 0) is 30.7 Å². The third-order valence-corrected chi connectivity index (χ3v) is 5.33. The molecule has 2 heterocycles. The Balaban J connectivity index is 1.87. The van der Waals surface area contributed by atoms with E-state index >= 15 is 0 Å². The number of para-hydroxylation sites is 1. The van der Waals surface area contributed by atoms with Crippen LogP contribution >= 0.6 is 0 Å². The average molecular weight is 387 g/mol. The first-order valence-corrected chi connectivity index (χ1v) is 9.69. The number of hydrogen-bond acceptors (Lipinski definition) is 4. The van der Waals surface area contributed by atoms with E-state index in [1.807, 2.05) is 45.4 Å². The quantitative estimate of drug-likeness (QED) is 0.507. The molecular weight excluding hydrogens is 362 g/mol. The Hall–Kier alpha value is -3.54. The van der Waals surface area contributed by atoms with E-state index < -0.39 is 0 Å². The van der Waals surface area contributed by atoms with Crippen LogP contribution in [0.2, 0.25) is 0 Å². The Kier molecular flexibility index (Phi) is 4.84. The van der Waals surface area contributed by atoms with E-state index in [0.717, 1.165) is 44.7 Å². The second-order valence-corrected chi connectivity index (χ2v) is 7.42. The van der Waals surface area contributed by atoms with Gasteiger partial charge in [0.2, 0.25) is 5.91 Å². The summed E-state index contributed by atoms with van der Waals surface area (Å²) in [4.78, 5) is 12.1. The van der Waals surface area contributed by atoms with Crippen LogP contribution in [-0.4, -0.2) is 29.8 Å². The Morgan fingerprint density at radius 3 is 2.86 bits per heavy atom. The van der Waals surface area contributed by atoms with E-state index in [9.17, 15) is 4.79 Å². The topological polar surface area (TPSA) is 81.9 Å². The van der Waals surface area contributed by atoms with Crippen LogP contribution in [0, 0.1) is 5.41 Å². The lowest BCUT2D eigenvalue weighted by Gasteiger charge is -2.17. The van der Waals surface area contributed by atoms with Gasteiger partial charge in [-0.3, -0.25) is 4.79 Å². The summed E-state index contributed by atoms with van der Waals surface area (Å²) in [5.41, 5.74) is 6.78. The third kappa shape index (κ3) is 3.38. The smallest absolute Gasteiger partial charge is 0.226 e. The molecule has 0 unspecified atom stereocenters. The standard InChI is InChI=1S/C23H25N5O/c1-14-9-22(29)27-19-6-4-5-18(23(19)26-14)21-11-16-8-7-15(10-20(16)28(21)3)17(12-24)13-25-2/h4-8,10-14,24-26H,9H2,1-3H3,(H,27,29)/b17-13+,24-12?/t14-/m1/s1. The van der Waals surface area contributed by atoms with Gasteiger partial charge in [0, 0.05) is 61.0 Å². The minimum Gasteiger partial charge on any atom is -0.393 e. The third-order valence-electron chi connectivity index (χ3n) is 5.33. The number of rotatable bonds is 4. The lowest BCUT2D eigenvalue weighted by atomic mass is 10.1. The molecule has 0 radical (unpaired) electrons. The van der Waals surface area contributed by atoms with Crippen molar-refractivity contribution in [2.75, 3.05) is 17.7 Å². The highest BCUT2D eigenvalue weighted by atomic mass is 16.1. The molecular formula is C23H25N5O. The predicted molar refractivity (Wildman–Crippen MR) is 121 cm³/mol.